The fourth-order valence-corrected chi connectivity index (χ4v) is 2.18. The highest BCUT2D eigenvalue weighted by Gasteiger charge is 2.39. The standard InChI is InChI=1S/C16H21N3O5/c1-3-5-14(20)16(17,15(21)22)8-4-9-18-12-10-11(2)6-7-13(12)19(23)24/h3,5-7,10,18H,4,8-9,17H2,1-2H3,(H,21,22)/b5-3+/t16-/m0/s1. The van der Waals surface area contributed by atoms with Gasteiger partial charge in [0.15, 0.2) is 11.3 Å². The number of nitro benzene ring substituents is 1. The second kappa shape index (κ2) is 8.21. The van der Waals surface area contributed by atoms with Crippen LogP contribution in [0.5, 0.6) is 0 Å². The Balaban J connectivity index is 2.74. The van der Waals surface area contributed by atoms with Gasteiger partial charge >= 0.3 is 5.97 Å². The van der Waals surface area contributed by atoms with Crippen molar-refractivity contribution < 1.29 is 19.6 Å². The fourth-order valence-electron chi connectivity index (χ4n) is 2.18. The summed E-state index contributed by atoms with van der Waals surface area (Å²) in [6.07, 6.45) is 2.74. The first-order valence-corrected chi connectivity index (χ1v) is 7.40. The summed E-state index contributed by atoms with van der Waals surface area (Å²) in [5.41, 5.74) is 4.85. The van der Waals surface area contributed by atoms with Crippen LogP contribution in [0.3, 0.4) is 0 Å². The molecule has 0 spiro atoms. The van der Waals surface area contributed by atoms with Crippen molar-refractivity contribution in [2.24, 2.45) is 5.73 Å². The lowest BCUT2D eigenvalue weighted by atomic mass is 9.89. The topological polar surface area (TPSA) is 136 Å². The zero-order valence-electron chi connectivity index (χ0n) is 13.6. The van der Waals surface area contributed by atoms with Gasteiger partial charge in [0.25, 0.3) is 5.69 Å². The number of aliphatic carboxylic acids is 1. The molecule has 0 fully saturated rings. The highest BCUT2D eigenvalue weighted by molar-refractivity contribution is 6.12. The largest absolute Gasteiger partial charge is 0.480 e. The molecule has 0 aliphatic carbocycles. The number of allylic oxidation sites excluding steroid dienone is 1. The highest BCUT2D eigenvalue weighted by atomic mass is 16.6. The Morgan fingerprint density at radius 2 is 2.12 bits per heavy atom. The van der Waals surface area contributed by atoms with Crippen molar-refractivity contribution in [2.75, 3.05) is 11.9 Å². The number of nitrogens with two attached hydrogens (primary N) is 1. The van der Waals surface area contributed by atoms with E-state index in [1.807, 2.05) is 0 Å². The molecule has 0 aliphatic heterocycles. The number of hydrogen-bond donors (Lipinski definition) is 3. The van der Waals surface area contributed by atoms with Crippen LogP contribution in [0.25, 0.3) is 0 Å². The van der Waals surface area contributed by atoms with Crippen LogP contribution in [0, 0.1) is 17.0 Å². The van der Waals surface area contributed by atoms with Crippen LogP contribution in [0.15, 0.2) is 30.4 Å². The van der Waals surface area contributed by atoms with Gasteiger partial charge in [-0.15, -0.1) is 0 Å². The van der Waals surface area contributed by atoms with Gasteiger partial charge in [-0.1, -0.05) is 12.1 Å². The van der Waals surface area contributed by atoms with Crippen LogP contribution in [0.1, 0.15) is 25.3 Å². The van der Waals surface area contributed by atoms with Gasteiger partial charge in [0, 0.05) is 12.6 Å². The first kappa shape index (κ1) is 19.3. The minimum atomic E-state index is -1.99. The number of nitrogens with zero attached hydrogens (tertiary/aromatic N) is 1. The third-order valence-electron chi connectivity index (χ3n) is 3.55. The average molecular weight is 335 g/mol. The van der Waals surface area contributed by atoms with E-state index in [4.69, 9.17) is 5.73 Å². The quantitative estimate of drug-likeness (QED) is 0.206. The van der Waals surface area contributed by atoms with E-state index in [1.54, 1.807) is 26.0 Å². The van der Waals surface area contributed by atoms with Gasteiger partial charge in [-0.3, -0.25) is 14.9 Å². The van der Waals surface area contributed by atoms with Crippen LogP contribution in [0.4, 0.5) is 11.4 Å². The summed E-state index contributed by atoms with van der Waals surface area (Å²) in [5.74, 6) is -2.08. The first-order valence-electron chi connectivity index (χ1n) is 7.40. The molecule has 1 aromatic rings. The van der Waals surface area contributed by atoms with Crippen LogP contribution >= 0.6 is 0 Å². The van der Waals surface area contributed by atoms with Gasteiger partial charge in [-0.2, -0.15) is 0 Å². The average Bonchev–Trinajstić information content (AvgIpc) is 2.51. The molecule has 0 saturated carbocycles. The van der Waals surface area contributed by atoms with Crippen molar-refractivity contribution in [1.29, 1.82) is 0 Å². The highest BCUT2D eigenvalue weighted by Crippen LogP contribution is 2.25. The Bertz CT molecular complexity index is 672. The van der Waals surface area contributed by atoms with Gasteiger partial charge in [-0.05, 0) is 44.4 Å². The number of carboxylic acid groups (broad SMARTS) is 1. The van der Waals surface area contributed by atoms with Crippen LogP contribution in [-0.2, 0) is 9.59 Å². The summed E-state index contributed by atoms with van der Waals surface area (Å²) in [6, 6.07) is 4.67. The molecule has 0 bridgehead atoms. The third kappa shape index (κ3) is 4.63. The number of aryl methyl sites for hydroxylation is 1. The van der Waals surface area contributed by atoms with Crippen LogP contribution in [-0.4, -0.2) is 33.9 Å². The summed E-state index contributed by atoms with van der Waals surface area (Å²) in [6.45, 7) is 3.65. The lowest BCUT2D eigenvalue weighted by Crippen LogP contribution is -2.54. The molecule has 1 atom stereocenters. The number of nitro groups is 1. The number of carbonyl (C=O) groups is 2. The lowest BCUT2D eigenvalue weighted by Gasteiger charge is -2.21. The predicted molar refractivity (Wildman–Crippen MR) is 89.9 cm³/mol. The maximum absolute atomic E-state index is 11.9. The number of rotatable bonds is 9. The Hall–Kier alpha value is -2.74. The minimum Gasteiger partial charge on any atom is -0.480 e. The number of benzene rings is 1. The molecule has 1 rings (SSSR count). The summed E-state index contributed by atoms with van der Waals surface area (Å²) in [5, 5.41) is 23.1. The number of ketones is 1. The molecule has 0 heterocycles. The van der Waals surface area contributed by atoms with E-state index in [9.17, 15) is 24.8 Å². The molecule has 0 aromatic heterocycles. The van der Waals surface area contributed by atoms with Crippen LogP contribution in [0.2, 0.25) is 0 Å². The number of carboxylic acids is 1. The summed E-state index contributed by atoms with van der Waals surface area (Å²) < 4.78 is 0. The normalized spacial score (nSPS) is 13.5. The molecular formula is C16H21N3O5. The van der Waals surface area contributed by atoms with E-state index in [2.05, 4.69) is 5.32 Å². The number of carbonyl (C=O) groups excluding carboxylic acids is 1. The van der Waals surface area contributed by atoms with Crippen molar-refractivity contribution in [3.05, 3.63) is 46.0 Å². The Morgan fingerprint density at radius 3 is 2.67 bits per heavy atom. The first-order chi connectivity index (χ1) is 11.2. The smallest absolute Gasteiger partial charge is 0.331 e. The minimum absolute atomic E-state index is 0.0668. The van der Waals surface area contributed by atoms with E-state index in [0.29, 0.717) is 5.69 Å². The molecular weight excluding hydrogens is 314 g/mol. The molecule has 0 radical (unpaired) electrons. The molecule has 0 aliphatic rings. The van der Waals surface area contributed by atoms with Crippen molar-refractivity contribution in [1.82, 2.24) is 0 Å². The lowest BCUT2D eigenvalue weighted by molar-refractivity contribution is -0.384. The Morgan fingerprint density at radius 1 is 1.46 bits per heavy atom. The van der Waals surface area contributed by atoms with E-state index < -0.39 is 22.2 Å². The van der Waals surface area contributed by atoms with E-state index in [1.165, 1.54) is 12.1 Å². The van der Waals surface area contributed by atoms with E-state index in [-0.39, 0.29) is 25.1 Å². The zero-order valence-corrected chi connectivity index (χ0v) is 13.6. The van der Waals surface area contributed by atoms with E-state index in [0.717, 1.165) is 11.6 Å². The predicted octanol–water partition coefficient (Wildman–Crippen LogP) is 2.02. The summed E-state index contributed by atoms with van der Waals surface area (Å²) in [7, 11) is 0. The molecule has 4 N–H and O–H groups in total. The molecule has 1 aromatic carbocycles. The van der Waals surface area contributed by atoms with Crippen molar-refractivity contribution in [3.8, 4) is 0 Å². The van der Waals surface area contributed by atoms with Crippen LogP contribution < -0.4 is 11.1 Å². The monoisotopic (exact) mass is 335 g/mol. The van der Waals surface area contributed by atoms with Gasteiger partial charge < -0.3 is 16.2 Å². The third-order valence-corrected chi connectivity index (χ3v) is 3.55. The van der Waals surface area contributed by atoms with Gasteiger partial charge in [0.1, 0.15) is 5.69 Å². The van der Waals surface area contributed by atoms with Gasteiger partial charge in [0.2, 0.25) is 0 Å². The maximum atomic E-state index is 11.9. The summed E-state index contributed by atoms with van der Waals surface area (Å²) in [4.78, 5) is 33.6. The summed E-state index contributed by atoms with van der Waals surface area (Å²) >= 11 is 0. The van der Waals surface area contributed by atoms with Gasteiger partial charge in [0.05, 0.1) is 4.92 Å². The molecule has 8 heteroatoms. The Kier molecular flexibility index (Phi) is 6.60. The zero-order chi connectivity index (χ0) is 18.3. The van der Waals surface area contributed by atoms with Crippen molar-refractivity contribution in [3.63, 3.8) is 0 Å². The molecule has 8 nitrogen and oxygen atoms in total. The molecule has 24 heavy (non-hydrogen) atoms. The number of nitrogens with one attached hydrogen (secondary N) is 1. The molecule has 130 valence electrons. The van der Waals surface area contributed by atoms with Gasteiger partial charge in [-0.25, -0.2) is 4.79 Å². The number of hydrogen-bond acceptors (Lipinski definition) is 6. The second-order valence-corrected chi connectivity index (χ2v) is 5.45. The molecule has 0 saturated heterocycles. The SMILES string of the molecule is C/C=C/C(=O)[C@@](N)(CCCNc1cc(C)ccc1[N+](=O)[O-])C(=O)O. The maximum Gasteiger partial charge on any atom is 0.331 e. The molecule has 0 unspecified atom stereocenters. The van der Waals surface area contributed by atoms with Crippen molar-refractivity contribution in [2.45, 2.75) is 32.2 Å². The Labute approximate surface area is 139 Å². The fraction of sp³-hybridized carbons (Fsp3) is 0.375. The second-order valence-electron chi connectivity index (χ2n) is 5.45. The number of anilines is 1. The van der Waals surface area contributed by atoms with Crippen molar-refractivity contribution >= 4 is 23.1 Å². The molecule has 0 amide bonds. The van der Waals surface area contributed by atoms with E-state index >= 15 is 0 Å².